The second-order valence-electron chi connectivity index (χ2n) is 7.48. The number of fused-ring (bicyclic) bond motifs is 3. The van der Waals surface area contributed by atoms with Gasteiger partial charge in [-0.05, 0) is 37.1 Å². The number of Topliss-reactive ketones (excluding diaryl/α,β-unsaturated/α-hetero) is 1. The number of anilines is 1. The zero-order chi connectivity index (χ0) is 22.1. The van der Waals surface area contributed by atoms with Gasteiger partial charge in [0, 0.05) is 19.7 Å². The quantitative estimate of drug-likeness (QED) is 0.329. The van der Waals surface area contributed by atoms with E-state index in [1.165, 1.54) is 0 Å². The van der Waals surface area contributed by atoms with Gasteiger partial charge < -0.3 is 31.5 Å². The fourth-order valence-electron chi connectivity index (χ4n) is 3.62. The van der Waals surface area contributed by atoms with Crippen LogP contribution in [-0.4, -0.2) is 44.9 Å². The molecule has 0 amide bonds. The van der Waals surface area contributed by atoms with E-state index >= 15 is 0 Å². The highest BCUT2D eigenvalue weighted by Gasteiger charge is 2.23. The number of aromatic nitrogens is 4. The molecule has 0 bridgehead atoms. The Morgan fingerprint density at radius 3 is 2.81 bits per heavy atom. The second kappa shape index (κ2) is 8.42. The monoisotopic (exact) mass is 422 g/mol. The third-order valence-electron chi connectivity index (χ3n) is 5.33. The summed E-state index contributed by atoms with van der Waals surface area (Å²) in [5.74, 6) is 0.769. The first-order valence-electron chi connectivity index (χ1n) is 10.1. The van der Waals surface area contributed by atoms with Crippen LogP contribution in [0.4, 0.5) is 5.82 Å². The molecule has 10 nitrogen and oxygen atoms in total. The number of nitrogens with zero attached hydrogens (tertiary/aromatic N) is 4. The molecular formula is C21H26N8O2. The summed E-state index contributed by atoms with van der Waals surface area (Å²) in [5, 5.41) is 3.04. The number of pyridine rings is 1. The van der Waals surface area contributed by atoms with Gasteiger partial charge in [0.15, 0.2) is 17.1 Å². The minimum absolute atomic E-state index is 0.222. The number of aryl methyl sites for hydroxylation is 1. The molecule has 0 saturated carbocycles. The zero-order valence-electron chi connectivity index (χ0n) is 17.5. The Hall–Kier alpha value is -3.34. The van der Waals surface area contributed by atoms with Crippen molar-refractivity contribution in [1.82, 2.24) is 19.5 Å². The number of hydrogen-bond donors (Lipinski definition) is 4. The number of nitrogens with one attached hydrogen (secondary N) is 1. The number of ketones is 1. The lowest BCUT2D eigenvalue weighted by Gasteiger charge is -2.16. The largest absolute Gasteiger partial charge is 0.418 e. The molecule has 4 rings (SSSR count). The number of benzene rings is 1. The summed E-state index contributed by atoms with van der Waals surface area (Å²) < 4.78 is 7.83. The van der Waals surface area contributed by atoms with Crippen molar-refractivity contribution in [3.05, 3.63) is 36.2 Å². The van der Waals surface area contributed by atoms with Crippen LogP contribution in [0.5, 0.6) is 0 Å². The summed E-state index contributed by atoms with van der Waals surface area (Å²) in [6.45, 7) is 0.483. The fourth-order valence-corrected chi connectivity index (χ4v) is 3.62. The first kappa shape index (κ1) is 20.9. The molecule has 10 heteroatoms. The van der Waals surface area contributed by atoms with Crippen molar-refractivity contribution in [2.45, 2.75) is 24.9 Å². The molecule has 0 saturated heterocycles. The van der Waals surface area contributed by atoms with Gasteiger partial charge in [-0.3, -0.25) is 4.79 Å². The highest BCUT2D eigenvalue weighted by Crippen LogP contribution is 2.32. The summed E-state index contributed by atoms with van der Waals surface area (Å²) in [6, 6.07) is 5.76. The molecule has 3 heterocycles. The van der Waals surface area contributed by atoms with E-state index < -0.39 is 12.1 Å². The smallest absolute Gasteiger partial charge is 0.251 e. The van der Waals surface area contributed by atoms with Crippen molar-refractivity contribution in [3.8, 4) is 11.5 Å². The van der Waals surface area contributed by atoms with E-state index in [1.807, 2.05) is 23.7 Å². The first-order valence-corrected chi connectivity index (χ1v) is 10.1. The van der Waals surface area contributed by atoms with E-state index in [0.717, 1.165) is 5.52 Å². The van der Waals surface area contributed by atoms with Crippen molar-refractivity contribution < 1.29 is 9.21 Å². The molecule has 7 N–H and O–H groups in total. The van der Waals surface area contributed by atoms with Gasteiger partial charge in [-0.25, -0.2) is 9.97 Å². The van der Waals surface area contributed by atoms with Crippen LogP contribution in [0.3, 0.4) is 0 Å². The lowest BCUT2D eigenvalue weighted by molar-refractivity contribution is -0.121. The Bertz CT molecular complexity index is 1250. The summed E-state index contributed by atoms with van der Waals surface area (Å²) in [5.41, 5.74) is 21.6. The second-order valence-corrected chi connectivity index (χ2v) is 7.48. The summed E-state index contributed by atoms with van der Waals surface area (Å²) in [6.07, 6.45) is 2.89. The van der Waals surface area contributed by atoms with E-state index in [2.05, 4.69) is 20.3 Å². The number of hydrogen-bond acceptors (Lipinski definition) is 9. The van der Waals surface area contributed by atoms with Gasteiger partial charge >= 0.3 is 0 Å². The fraction of sp³-hybridized carbons (Fsp3) is 0.333. The van der Waals surface area contributed by atoms with Crippen LogP contribution in [0.25, 0.3) is 33.7 Å². The molecule has 162 valence electrons. The van der Waals surface area contributed by atoms with Crippen LogP contribution < -0.4 is 22.5 Å². The molecule has 3 aromatic heterocycles. The van der Waals surface area contributed by atoms with Crippen molar-refractivity contribution in [1.29, 1.82) is 0 Å². The predicted molar refractivity (Wildman–Crippen MR) is 119 cm³/mol. The van der Waals surface area contributed by atoms with Gasteiger partial charge in [0.05, 0.1) is 18.4 Å². The highest BCUT2D eigenvalue weighted by molar-refractivity contribution is 6.03. The molecule has 1 aromatic carbocycles. The Morgan fingerprint density at radius 2 is 2.06 bits per heavy atom. The van der Waals surface area contributed by atoms with Gasteiger partial charge in [-0.2, -0.15) is 4.98 Å². The van der Waals surface area contributed by atoms with Crippen LogP contribution in [-0.2, 0) is 11.8 Å². The molecule has 0 fully saturated rings. The average molecular weight is 422 g/mol. The normalized spacial score (nSPS) is 13.6. The van der Waals surface area contributed by atoms with E-state index in [1.54, 1.807) is 25.5 Å². The van der Waals surface area contributed by atoms with E-state index in [9.17, 15) is 4.79 Å². The topological polar surface area (TPSA) is 164 Å². The third kappa shape index (κ3) is 3.76. The lowest BCUT2D eigenvalue weighted by atomic mass is 9.95. The highest BCUT2D eigenvalue weighted by atomic mass is 16.4. The van der Waals surface area contributed by atoms with Gasteiger partial charge in [0.1, 0.15) is 11.0 Å². The molecular weight excluding hydrogens is 396 g/mol. The summed E-state index contributed by atoms with van der Waals surface area (Å²) in [4.78, 5) is 26.2. The SMILES string of the molecule is CNc1nc2oc(-c3cccc([C@@H](N)C(=O)C(N)CCCN)c3)nc2c2c1ncn2C. The van der Waals surface area contributed by atoms with Crippen LogP contribution in [0.15, 0.2) is 35.0 Å². The Balaban J connectivity index is 1.71. The molecule has 31 heavy (non-hydrogen) atoms. The van der Waals surface area contributed by atoms with Crippen molar-refractivity contribution in [2.24, 2.45) is 24.2 Å². The van der Waals surface area contributed by atoms with Crippen LogP contribution >= 0.6 is 0 Å². The molecule has 1 unspecified atom stereocenters. The maximum Gasteiger partial charge on any atom is 0.251 e. The van der Waals surface area contributed by atoms with Crippen molar-refractivity contribution in [2.75, 3.05) is 18.9 Å². The molecule has 0 aliphatic heterocycles. The summed E-state index contributed by atoms with van der Waals surface area (Å²) >= 11 is 0. The van der Waals surface area contributed by atoms with E-state index in [0.29, 0.717) is 59.0 Å². The maximum absolute atomic E-state index is 12.6. The number of oxazole rings is 1. The molecule has 4 aromatic rings. The predicted octanol–water partition coefficient (Wildman–Crippen LogP) is 1.45. The molecule has 0 radical (unpaired) electrons. The van der Waals surface area contributed by atoms with Gasteiger partial charge in [0.2, 0.25) is 5.89 Å². The van der Waals surface area contributed by atoms with Gasteiger partial charge in [0.25, 0.3) is 5.71 Å². The average Bonchev–Trinajstić information content (AvgIpc) is 3.39. The van der Waals surface area contributed by atoms with E-state index in [-0.39, 0.29) is 5.78 Å². The number of carbonyl (C=O) groups is 1. The minimum Gasteiger partial charge on any atom is -0.418 e. The number of carbonyl (C=O) groups excluding carboxylic acids is 1. The van der Waals surface area contributed by atoms with Gasteiger partial charge in [-0.15, -0.1) is 0 Å². The number of imidazole rings is 1. The lowest BCUT2D eigenvalue weighted by Crippen LogP contribution is -2.38. The standard InChI is InChI=1S/C21H26N8O2/c1-25-19-15-17(29(2)10-26-15)16-21(28-19)31-20(27-16)12-6-3-5-11(9-12)14(24)18(30)13(23)7-4-8-22/h3,5-6,9-10,13-14H,4,7-8,22-24H2,1-2H3,(H,25,28)/t13?,14-/m1/s1. The van der Waals surface area contributed by atoms with Crippen LogP contribution in [0.2, 0.25) is 0 Å². The number of nitrogens with two attached hydrogens (primary N) is 3. The van der Waals surface area contributed by atoms with Crippen LogP contribution in [0, 0.1) is 0 Å². The Kier molecular flexibility index (Phi) is 5.68. The number of rotatable bonds is 8. The molecule has 0 spiro atoms. The Morgan fingerprint density at radius 1 is 1.26 bits per heavy atom. The maximum atomic E-state index is 12.6. The van der Waals surface area contributed by atoms with Crippen molar-refractivity contribution in [3.63, 3.8) is 0 Å². The zero-order valence-corrected chi connectivity index (χ0v) is 17.5. The van der Waals surface area contributed by atoms with Gasteiger partial charge in [-0.1, -0.05) is 12.1 Å². The third-order valence-corrected chi connectivity index (χ3v) is 5.33. The minimum atomic E-state index is -0.838. The van der Waals surface area contributed by atoms with Crippen LogP contribution in [0.1, 0.15) is 24.4 Å². The summed E-state index contributed by atoms with van der Waals surface area (Å²) in [7, 11) is 3.67. The Labute approximate surface area is 178 Å². The molecule has 0 aliphatic rings. The van der Waals surface area contributed by atoms with E-state index in [4.69, 9.17) is 21.6 Å². The molecule has 0 aliphatic carbocycles. The molecule has 2 atom stereocenters. The van der Waals surface area contributed by atoms with Crippen molar-refractivity contribution >= 4 is 33.9 Å². The first-order chi connectivity index (χ1) is 14.9.